The predicted octanol–water partition coefficient (Wildman–Crippen LogP) is 2.14. The third-order valence-corrected chi connectivity index (χ3v) is 3.39. The van der Waals surface area contributed by atoms with E-state index < -0.39 is 0 Å². The Balaban J connectivity index is 1.53. The van der Waals surface area contributed by atoms with Gasteiger partial charge in [-0.1, -0.05) is 18.2 Å². The van der Waals surface area contributed by atoms with Gasteiger partial charge in [0.2, 0.25) is 0 Å². The Labute approximate surface area is 110 Å². The number of hydrogen-bond donors (Lipinski definition) is 1. The van der Waals surface area contributed by atoms with Crippen LogP contribution < -0.4 is 10.1 Å². The van der Waals surface area contributed by atoms with Crippen LogP contribution in [0.25, 0.3) is 0 Å². The number of ether oxygens (including phenoxy) is 1. The van der Waals surface area contributed by atoms with Crippen LogP contribution in [0.4, 0.5) is 0 Å². The normalized spacial score (nSPS) is 20.8. The minimum absolute atomic E-state index is 0.667. The Morgan fingerprint density at radius 1 is 1.33 bits per heavy atom. The molecule has 0 amide bonds. The molecule has 1 aromatic rings. The maximum Gasteiger partial charge on any atom is 0.119 e. The molecule has 1 fully saturated rings. The Kier molecular flexibility index (Phi) is 5.49. The summed E-state index contributed by atoms with van der Waals surface area (Å²) in [5.41, 5.74) is 0. The molecule has 1 aliphatic heterocycles. The van der Waals surface area contributed by atoms with Gasteiger partial charge in [0.1, 0.15) is 5.75 Å². The van der Waals surface area contributed by atoms with Gasteiger partial charge in [0.15, 0.2) is 0 Å². The first-order valence-electron chi connectivity index (χ1n) is 6.94. The van der Waals surface area contributed by atoms with E-state index in [2.05, 4.69) is 17.3 Å². The highest BCUT2D eigenvalue weighted by atomic mass is 16.5. The largest absolute Gasteiger partial charge is 0.494 e. The maximum atomic E-state index is 5.67. The summed E-state index contributed by atoms with van der Waals surface area (Å²) in [6.45, 7) is 4.26. The van der Waals surface area contributed by atoms with Gasteiger partial charge in [0.05, 0.1) is 6.61 Å². The number of nitrogens with one attached hydrogen (secondary N) is 1. The van der Waals surface area contributed by atoms with Crippen molar-refractivity contribution < 1.29 is 4.74 Å². The zero-order valence-electron chi connectivity index (χ0n) is 11.3. The molecule has 1 saturated heterocycles. The molecule has 1 aliphatic rings. The number of nitrogens with zero attached hydrogens (tertiary/aromatic N) is 1. The van der Waals surface area contributed by atoms with E-state index in [1.54, 1.807) is 0 Å². The summed E-state index contributed by atoms with van der Waals surface area (Å²) >= 11 is 0. The highest BCUT2D eigenvalue weighted by molar-refractivity contribution is 5.20. The van der Waals surface area contributed by atoms with Crippen LogP contribution in [0.2, 0.25) is 0 Å². The lowest BCUT2D eigenvalue weighted by Crippen LogP contribution is -2.44. The Hall–Kier alpha value is -1.06. The molecule has 1 atom stereocenters. The van der Waals surface area contributed by atoms with Crippen LogP contribution in [0, 0.1) is 0 Å². The molecule has 1 aromatic carbocycles. The van der Waals surface area contributed by atoms with Gasteiger partial charge in [-0.25, -0.2) is 0 Å². The second-order valence-electron chi connectivity index (χ2n) is 5.07. The van der Waals surface area contributed by atoms with Crippen molar-refractivity contribution in [2.75, 3.05) is 33.3 Å². The summed E-state index contributed by atoms with van der Waals surface area (Å²) in [7, 11) is 2.20. The maximum absolute atomic E-state index is 5.67. The topological polar surface area (TPSA) is 24.5 Å². The molecule has 0 aliphatic carbocycles. The number of hydrogen-bond acceptors (Lipinski definition) is 3. The van der Waals surface area contributed by atoms with Gasteiger partial charge < -0.3 is 15.0 Å². The molecule has 0 bridgehead atoms. The average Bonchev–Trinajstić information content (AvgIpc) is 2.40. The van der Waals surface area contributed by atoms with Crippen molar-refractivity contribution in [1.82, 2.24) is 10.2 Å². The van der Waals surface area contributed by atoms with Gasteiger partial charge in [0.25, 0.3) is 0 Å². The lowest BCUT2D eigenvalue weighted by Gasteiger charge is -2.30. The van der Waals surface area contributed by atoms with E-state index in [0.29, 0.717) is 6.04 Å². The molecule has 0 spiro atoms. The van der Waals surface area contributed by atoms with Crippen molar-refractivity contribution in [2.45, 2.75) is 25.3 Å². The minimum atomic E-state index is 0.667. The number of piperidine rings is 1. The average molecular weight is 248 g/mol. The smallest absolute Gasteiger partial charge is 0.119 e. The van der Waals surface area contributed by atoms with Crippen molar-refractivity contribution in [2.24, 2.45) is 0 Å². The van der Waals surface area contributed by atoms with Crippen molar-refractivity contribution in [3.8, 4) is 5.75 Å². The summed E-state index contributed by atoms with van der Waals surface area (Å²) < 4.78 is 5.67. The van der Waals surface area contributed by atoms with E-state index >= 15 is 0 Å². The standard InChI is InChI=1S/C15H24N2O/c1-17-11-5-7-14(13-17)16-10-6-12-18-15-8-3-2-4-9-15/h2-4,8-9,14,16H,5-7,10-13H2,1H3. The SMILES string of the molecule is CN1CCCC(NCCCOc2ccccc2)C1. The van der Waals surface area contributed by atoms with E-state index in [-0.39, 0.29) is 0 Å². The van der Waals surface area contributed by atoms with Crippen molar-refractivity contribution >= 4 is 0 Å². The van der Waals surface area contributed by atoms with Crippen LogP contribution >= 0.6 is 0 Å². The summed E-state index contributed by atoms with van der Waals surface area (Å²) in [6.07, 6.45) is 3.69. The van der Waals surface area contributed by atoms with Crippen LogP contribution in [0.1, 0.15) is 19.3 Å². The fraction of sp³-hybridized carbons (Fsp3) is 0.600. The Morgan fingerprint density at radius 2 is 2.17 bits per heavy atom. The summed E-state index contributed by atoms with van der Waals surface area (Å²) in [5.74, 6) is 0.967. The molecular formula is C15H24N2O. The summed E-state index contributed by atoms with van der Waals surface area (Å²) in [6, 6.07) is 10.7. The molecule has 18 heavy (non-hydrogen) atoms. The van der Waals surface area contributed by atoms with Crippen molar-refractivity contribution in [3.63, 3.8) is 0 Å². The van der Waals surface area contributed by atoms with Gasteiger partial charge in [-0.3, -0.25) is 0 Å². The minimum Gasteiger partial charge on any atom is -0.494 e. The predicted molar refractivity (Wildman–Crippen MR) is 75.1 cm³/mol. The zero-order chi connectivity index (χ0) is 12.6. The monoisotopic (exact) mass is 248 g/mol. The van der Waals surface area contributed by atoms with Gasteiger partial charge >= 0.3 is 0 Å². The van der Waals surface area contributed by atoms with Crippen LogP contribution in [-0.2, 0) is 0 Å². The van der Waals surface area contributed by atoms with Crippen LogP contribution in [0.3, 0.4) is 0 Å². The van der Waals surface area contributed by atoms with Gasteiger partial charge in [-0.15, -0.1) is 0 Å². The molecule has 1 heterocycles. The van der Waals surface area contributed by atoms with Crippen molar-refractivity contribution in [1.29, 1.82) is 0 Å². The number of likely N-dealkylation sites (tertiary alicyclic amines) is 1. The Bertz CT molecular complexity index is 329. The van der Waals surface area contributed by atoms with E-state index in [1.165, 1.54) is 25.9 Å². The van der Waals surface area contributed by atoms with E-state index in [0.717, 1.165) is 25.3 Å². The third kappa shape index (κ3) is 4.67. The van der Waals surface area contributed by atoms with Crippen LogP contribution in [0.5, 0.6) is 5.75 Å². The molecule has 3 heteroatoms. The Morgan fingerprint density at radius 3 is 2.94 bits per heavy atom. The number of benzene rings is 1. The second kappa shape index (κ2) is 7.39. The van der Waals surface area contributed by atoms with E-state index in [4.69, 9.17) is 4.74 Å². The van der Waals surface area contributed by atoms with Crippen LogP contribution in [-0.4, -0.2) is 44.2 Å². The molecule has 100 valence electrons. The zero-order valence-corrected chi connectivity index (χ0v) is 11.3. The van der Waals surface area contributed by atoms with Crippen molar-refractivity contribution in [3.05, 3.63) is 30.3 Å². The molecular weight excluding hydrogens is 224 g/mol. The molecule has 0 saturated carbocycles. The molecule has 3 nitrogen and oxygen atoms in total. The second-order valence-corrected chi connectivity index (χ2v) is 5.07. The number of para-hydroxylation sites is 1. The third-order valence-electron chi connectivity index (χ3n) is 3.39. The molecule has 1 unspecified atom stereocenters. The highest BCUT2D eigenvalue weighted by Crippen LogP contribution is 2.09. The van der Waals surface area contributed by atoms with Crippen LogP contribution in [0.15, 0.2) is 30.3 Å². The van der Waals surface area contributed by atoms with E-state index in [1.807, 2.05) is 30.3 Å². The molecule has 0 radical (unpaired) electrons. The highest BCUT2D eigenvalue weighted by Gasteiger charge is 2.15. The molecule has 0 aromatic heterocycles. The van der Waals surface area contributed by atoms with Gasteiger partial charge in [-0.05, 0) is 51.5 Å². The fourth-order valence-corrected chi connectivity index (χ4v) is 2.42. The number of rotatable bonds is 6. The lowest BCUT2D eigenvalue weighted by atomic mass is 10.1. The first-order chi connectivity index (χ1) is 8.84. The lowest BCUT2D eigenvalue weighted by molar-refractivity contribution is 0.223. The molecule has 2 rings (SSSR count). The number of likely N-dealkylation sites (N-methyl/N-ethyl adjacent to an activating group) is 1. The first-order valence-corrected chi connectivity index (χ1v) is 6.94. The van der Waals surface area contributed by atoms with Gasteiger partial charge in [-0.2, -0.15) is 0 Å². The van der Waals surface area contributed by atoms with Gasteiger partial charge in [0, 0.05) is 12.6 Å². The van der Waals surface area contributed by atoms with E-state index in [9.17, 15) is 0 Å². The quantitative estimate of drug-likeness (QED) is 0.781. The fourth-order valence-electron chi connectivity index (χ4n) is 2.42. The summed E-state index contributed by atoms with van der Waals surface area (Å²) in [5, 5.41) is 3.62. The first kappa shape index (κ1) is 13.4. The summed E-state index contributed by atoms with van der Waals surface area (Å²) in [4.78, 5) is 2.40. The molecule has 1 N–H and O–H groups in total.